The molecule has 12 heteroatoms. The molecule has 0 saturated carbocycles. The van der Waals surface area contributed by atoms with Crippen LogP contribution in [0.25, 0.3) is 21.8 Å². The lowest BCUT2D eigenvalue weighted by molar-refractivity contribution is -0.134. The van der Waals surface area contributed by atoms with Gasteiger partial charge in [0.1, 0.15) is 6.29 Å². The third kappa shape index (κ3) is 4.48. The molecule has 186 valence electrons. The topological polar surface area (TPSA) is 174 Å². The number of nitrogens with zero attached hydrogens (tertiary/aromatic N) is 4. The molecular weight excluding hydrogens is 472 g/mol. The summed E-state index contributed by atoms with van der Waals surface area (Å²) in [4.78, 5) is 56.0. The lowest BCUT2D eigenvalue weighted by atomic mass is 10.1. The molecule has 0 amide bonds. The summed E-state index contributed by atoms with van der Waals surface area (Å²) in [5.41, 5.74) is 0.0564. The number of carbonyl (C=O) groups is 2. The van der Waals surface area contributed by atoms with Crippen molar-refractivity contribution in [1.29, 1.82) is 0 Å². The van der Waals surface area contributed by atoms with Crippen LogP contribution < -0.4 is 16.1 Å². The van der Waals surface area contributed by atoms with E-state index in [-0.39, 0.29) is 48.7 Å². The van der Waals surface area contributed by atoms with Gasteiger partial charge in [-0.15, -0.1) is 0 Å². The van der Waals surface area contributed by atoms with Crippen LogP contribution in [0.2, 0.25) is 0 Å². The minimum absolute atomic E-state index is 0.0586. The van der Waals surface area contributed by atoms with Crippen LogP contribution >= 0.6 is 0 Å². The molecule has 0 saturated heterocycles. The van der Waals surface area contributed by atoms with Crippen LogP contribution in [-0.4, -0.2) is 46.7 Å². The Morgan fingerprint density at radius 3 is 2.00 bits per heavy atom. The van der Waals surface area contributed by atoms with Crippen molar-refractivity contribution < 1.29 is 29.6 Å². The summed E-state index contributed by atoms with van der Waals surface area (Å²) in [6, 6.07) is 5.11. The molecular formula is C24H22N4O8. The van der Waals surface area contributed by atoms with Gasteiger partial charge in [0, 0.05) is 42.4 Å². The molecule has 36 heavy (non-hydrogen) atoms. The zero-order chi connectivity index (χ0) is 26.1. The highest BCUT2D eigenvalue weighted by Gasteiger charge is 2.17. The number of fused-ring (bicyclic) bond motifs is 2. The summed E-state index contributed by atoms with van der Waals surface area (Å²) in [5, 5.41) is 30.9. The van der Waals surface area contributed by atoms with Gasteiger partial charge >= 0.3 is 17.3 Å². The van der Waals surface area contributed by atoms with Gasteiger partial charge < -0.3 is 24.9 Å². The van der Waals surface area contributed by atoms with Crippen molar-refractivity contribution in [2.75, 3.05) is 0 Å². The Bertz CT molecular complexity index is 1660. The summed E-state index contributed by atoms with van der Waals surface area (Å²) >= 11 is 0. The number of aryl methyl sites for hydroxylation is 4. The monoisotopic (exact) mass is 494 g/mol. The zero-order valence-corrected chi connectivity index (χ0v) is 19.4. The smallest absolute Gasteiger partial charge is 0.348 e. The van der Waals surface area contributed by atoms with Crippen molar-refractivity contribution >= 4 is 34.1 Å². The first kappa shape index (κ1) is 24.4. The zero-order valence-electron chi connectivity index (χ0n) is 19.4. The maximum Gasteiger partial charge on any atom is 0.348 e. The molecule has 3 N–H and O–H groups in total. The molecule has 0 aliphatic heterocycles. The van der Waals surface area contributed by atoms with Crippen molar-refractivity contribution in [1.82, 2.24) is 19.1 Å². The van der Waals surface area contributed by atoms with E-state index in [1.54, 1.807) is 13.8 Å². The standard InChI is InChI=1S/C24H22N4O8/c1-12-14-8-18(30)19(31)10-16(14)28(24(35)26-12)6-4-22(33)36-21-11-17-15(9-20(21)32)13(2)25-23(34)27(17)5-3-7-29/h7-11,30-32H,3-6H2,1-2H3. The minimum atomic E-state index is -0.791. The lowest BCUT2D eigenvalue weighted by Gasteiger charge is -2.14. The Labute approximate surface area is 202 Å². The van der Waals surface area contributed by atoms with E-state index in [0.717, 1.165) is 4.57 Å². The molecule has 2 aromatic carbocycles. The molecule has 0 atom stereocenters. The molecule has 2 aromatic heterocycles. The number of hydrogen-bond acceptors (Lipinski definition) is 10. The molecule has 0 radical (unpaired) electrons. The van der Waals surface area contributed by atoms with E-state index in [1.165, 1.54) is 28.8 Å². The first-order valence-electron chi connectivity index (χ1n) is 10.9. The van der Waals surface area contributed by atoms with Crippen molar-refractivity contribution in [2.24, 2.45) is 0 Å². The molecule has 0 bridgehead atoms. The first-order valence-corrected chi connectivity index (χ1v) is 10.9. The minimum Gasteiger partial charge on any atom is -0.504 e. The Morgan fingerprint density at radius 1 is 0.861 bits per heavy atom. The van der Waals surface area contributed by atoms with E-state index in [9.17, 15) is 34.5 Å². The summed E-state index contributed by atoms with van der Waals surface area (Å²) < 4.78 is 7.72. The highest BCUT2D eigenvalue weighted by Crippen LogP contribution is 2.33. The second-order valence-corrected chi connectivity index (χ2v) is 8.14. The van der Waals surface area contributed by atoms with E-state index >= 15 is 0 Å². The van der Waals surface area contributed by atoms with Gasteiger partial charge in [-0.2, -0.15) is 9.97 Å². The molecule has 2 heterocycles. The SMILES string of the molecule is Cc1nc(=O)n(CCC=O)c2cc(OC(=O)CCn3c(=O)nc(C)c4cc(O)c(O)cc43)c(O)cc12. The number of benzene rings is 2. The average Bonchev–Trinajstić information content (AvgIpc) is 2.81. The maximum absolute atomic E-state index is 12.6. The van der Waals surface area contributed by atoms with Gasteiger partial charge in [0.15, 0.2) is 23.0 Å². The molecule has 0 unspecified atom stereocenters. The number of ether oxygens (including phenoxy) is 1. The Balaban J connectivity index is 1.64. The maximum atomic E-state index is 12.6. The summed E-state index contributed by atoms with van der Waals surface area (Å²) in [6.45, 7) is 3.07. The number of phenolic OH excluding ortho intramolecular Hbond substituents is 3. The normalized spacial score (nSPS) is 11.2. The Morgan fingerprint density at radius 2 is 1.39 bits per heavy atom. The molecule has 0 fully saturated rings. The van der Waals surface area contributed by atoms with Crippen LogP contribution in [0, 0.1) is 13.8 Å². The number of aromatic hydroxyl groups is 3. The van der Waals surface area contributed by atoms with Crippen LogP contribution in [-0.2, 0) is 22.7 Å². The van der Waals surface area contributed by atoms with E-state index in [4.69, 9.17) is 4.74 Å². The Hall–Kier alpha value is -4.74. The quantitative estimate of drug-likeness (QED) is 0.148. The van der Waals surface area contributed by atoms with Crippen molar-refractivity contribution in [3.8, 4) is 23.0 Å². The van der Waals surface area contributed by atoms with Gasteiger partial charge in [0.2, 0.25) is 0 Å². The summed E-state index contributed by atoms with van der Waals surface area (Å²) in [7, 11) is 0. The fourth-order valence-electron chi connectivity index (χ4n) is 3.96. The van der Waals surface area contributed by atoms with Crippen molar-refractivity contribution in [3.63, 3.8) is 0 Å². The fourth-order valence-corrected chi connectivity index (χ4v) is 3.96. The number of aldehydes is 1. The molecule has 0 aliphatic carbocycles. The van der Waals surface area contributed by atoms with E-state index in [0.29, 0.717) is 34.0 Å². The van der Waals surface area contributed by atoms with Crippen LogP contribution in [0.4, 0.5) is 0 Å². The van der Waals surface area contributed by atoms with Crippen molar-refractivity contribution in [3.05, 3.63) is 56.6 Å². The van der Waals surface area contributed by atoms with Gasteiger partial charge in [-0.05, 0) is 26.0 Å². The molecule has 0 spiro atoms. The van der Waals surface area contributed by atoms with E-state index < -0.39 is 23.1 Å². The van der Waals surface area contributed by atoms with Crippen LogP contribution in [0.5, 0.6) is 23.0 Å². The Kier molecular flexibility index (Phi) is 6.43. The van der Waals surface area contributed by atoms with Crippen LogP contribution in [0.1, 0.15) is 24.2 Å². The van der Waals surface area contributed by atoms with Gasteiger partial charge in [-0.3, -0.25) is 13.9 Å². The third-order valence-electron chi connectivity index (χ3n) is 5.75. The van der Waals surface area contributed by atoms with Crippen molar-refractivity contribution in [2.45, 2.75) is 39.8 Å². The number of phenols is 3. The highest BCUT2D eigenvalue weighted by molar-refractivity contribution is 5.87. The number of aromatic nitrogens is 4. The highest BCUT2D eigenvalue weighted by atomic mass is 16.5. The largest absolute Gasteiger partial charge is 0.504 e. The predicted octanol–water partition coefficient (Wildman–Crippen LogP) is 1.42. The fraction of sp³-hybridized carbons (Fsp3) is 0.250. The third-order valence-corrected chi connectivity index (χ3v) is 5.75. The molecule has 0 aliphatic rings. The number of rotatable bonds is 7. The summed E-state index contributed by atoms with van der Waals surface area (Å²) in [5.74, 6) is -2.17. The number of carbonyl (C=O) groups excluding carboxylic acids is 2. The van der Waals surface area contributed by atoms with Crippen LogP contribution in [0.3, 0.4) is 0 Å². The van der Waals surface area contributed by atoms with E-state index in [1.807, 2.05) is 0 Å². The summed E-state index contributed by atoms with van der Waals surface area (Å²) in [6.07, 6.45) is 0.425. The number of esters is 1. The van der Waals surface area contributed by atoms with Gasteiger partial charge in [0.05, 0.1) is 28.8 Å². The first-order chi connectivity index (χ1) is 17.1. The predicted molar refractivity (Wildman–Crippen MR) is 127 cm³/mol. The second-order valence-electron chi connectivity index (χ2n) is 8.14. The van der Waals surface area contributed by atoms with Crippen LogP contribution in [0.15, 0.2) is 33.9 Å². The average molecular weight is 494 g/mol. The number of hydrogen-bond donors (Lipinski definition) is 3. The second kappa shape index (κ2) is 9.49. The van der Waals surface area contributed by atoms with E-state index in [2.05, 4.69) is 9.97 Å². The molecule has 4 aromatic rings. The van der Waals surface area contributed by atoms with Gasteiger partial charge in [0.25, 0.3) is 0 Å². The van der Waals surface area contributed by atoms with Gasteiger partial charge in [-0.1, -0.05) is 0 Å². The molecule has 4 rings (SSSR count). The lowest BCUT2D eigenvalue weighted by Crippen LogP contribution is -2.26. The van der Waals surface area contributed by atoms with Gasteiger partial charge in [-0.25, -0.2) is 9.59 Å². The molecule has 12 nitrogen and oxygen atoms in total.